The standard InChI is InChI=1S/C59H94O12/c1-4-7-10-13-16-19-22-24-25-26-27-29-31-33-36-39-42-45-51(60)67-48-50(69-52(61)46-43-40-37-35-32-28-23-20-17-14-11-8-5-2)49-68-59-57(55(64)54(63)56(71-59)58(65)66)70-53(62)47-44-41-38-34-30-21-18-15-12-9-6-3/h7,10-11,14-16,18-20,23-25,27,29,33,36,50,54-57,59,63-64H,4-6,8-9,12-13,17,21-22,26,28,30-32,34-35,37-49H2,1-3H3,(H,65,66)/b10-7-,14-11-,18-15-,19-16-,23-20-,25-24-,29-27-,36-33-. The van der Waals surface area contributed by atoms with Crippen molar-refractivity contribution in [2.75, 3.05) is 13.2 Å². The molecule has 402 valence electrons. The van der Waals surface area contributed by atoms with E-state index in [1.54, 1.807) is 0 Å². The number of hydrogen-bond acceptors (Lipinski definition) is 11. The highest BCUT2D eigenvalue weighted by Gasteiger charge is 2.50. The number of esters is 3. The van der Waals surface area contributed by atoms with Gasteiger partial charge in [0.2, 0.25) is 0 Å². The van der Waals surface area contributed by atoms with Crippen LogP contribution >= 0.6 is 0 Å². The number of ether oxygens (including phenoxy) is 5. The third-order valence-electron chi connectivity index (χ3n) is 11.6. The molecule has 0 aromatic rings. The number of allylic oxidation sites excluding steroid dienone is 16. The number of carboxylic acid groups (broad SMARTS) is 1. The van der Waals surface area contributed by atoms with E-state index >= 15 is 0 Å². The lowest BCUT2D eigenvalue weighted by atomic mass is 9.98. The first kappa shape index (κ1) is 64.7. The zero-order chi connectivity index (χ0) is 51.8. The molecule has 1 aliphatic heterocycles. The Morgan fingerprint density at radius 1 is 0.479 bits per heavy atom. The van der Waals surface area contributed by atoms with Crippen LogP contribution in [0.2, 0.25) is 0 Å². The molecule has 12 heteroatoms. The van der Waals surface area contributed by atoms with Crippen LogP contribution in [0.15, 0.2) is 97.2 Å². The molecule has 6 atom stereocenters. The van der Waals surface area contributed by atoms with E-state index in [9.17, 15) is 34.5 Å². The number of rotatable bonds is 44. The van der Waals surface area contributed by atoms with Crippen molar-refractivity contribution >= 4 is 23.9 Å². The molecule has 3 N–H and O–H groups in total. The molecular formula is C59H94O12. The van der Waals surface area contributed by atoms with Crippen LogP contribution in [0.5, 0.6) is 0 Å². The summed E-state index contributed by atoms with van der Waals surface area (Å²) in [5, 5.41) is 31.3. The Kier molecular flexibility index (Phi) is 42.5. The molecule has 1 saturated heterocycles. The van der Waals surface area contributed by atoms with Gasteiger partial charge >= 0.3 is 23.9 Å². The number of unbranched alkanes of at least 4 members (excludes halogenated alkanes) is 14. The highest BCUT2D eigenvalue weighted by Crippen LogP contribution is 2.26. The number of aliphatic hydroxyl groups is 2. The smallest absolute Gasteiger partial charge is 0.335 e. The van der Waals surface area contributed by atoms with Gasteiger partial charge in [0, 0.05) is 19.3 Å². The first-order chi connectivity index (χ1) is 34.6. The number of carboxylic acids is 1. The quantitative estimate of drug-likeness (QED) is 0.0228. The summed E-state index contributed by atoms with van der Waals surface area (Å²) in [6.07, 6.45) is 48.3. The topological polar surface area (TPSA) is 175 Å². The molecule has 0 aliphatic carbocycles. The minimum Gasteiger partial charge on any atom is -0.479 e. The molecule has 1 heterocycles. The molecule has 0 bridgehead atoms. The van der Waals surface area contributed by atoms with E-state index in [0.717, 1.165) is 122 Å². The van der Waals surface area contributed by atoms with Crippen molar-refractivity contribution in [1.29, 1.82) is 0 Å². The fourth-order valence-electron chi connectivity index (χ4n) is 7.42. The lowest BCUT2D eigenvalue weighted by Crippen LogP contribution is -2.61. The van der Waals surface area contributed by atoms with E-state index in [1.807, 2.05) is 6.08 Å². The van der Waals surface area contributed by atoms with Gasteiger partial charge in [0.15, 0.2) is 24.6 Å². The van der Waals surface area contributed by atoms with Gasteiger partial charge in [0.1, 0.15) is 18.8 Å². The molecule has 6 unspecified atom stereocenters. The average molecular weight is 995 g/mol. The van der Waals surface area contributed by atoms with Crippen molar-refractivity contribution in [3.05, 3.63) is 97.2 Å². The van der Waals surface area contributed by atoms with Crippen molar-refractivity contribution in [3.8, 4) is 0 Å². The Morgan fingerprint density at radius 3 is 1.46 bits per heavy atom. The summed E-state index contributed by atoms with van der Waals surface area (Å²) in [5.41, 5.74) is 0. The number of aliphatic hydroxyl groups excluding tert-OH is 2. The number of carbonyl (C=O) groups is 4. The van der Waals surface area contributed by atoms with Gasteiger partial charge in [-0.25, -0.2) is 4.79 Å². The van der Waals surface area contributed by atoms with Crippen LogP contribution in [0.25, 0.3) is 0 Å². The van der Waals surface area contributed by atoms with Crippen LogP contribution in [-0.2, 0) is 42.9 Å². The summed E-state index contributed by atoms with van der Waals surface area (Å²) in [4.78, 5) is 50.9. The van der Waals surface area contributed by atoms with Crippen molar-refractivity contribution in [1.82, 2.24) is 0 Å². The molecular weight excluding hydrogens is 901 g/mol. The zero-order valence-corrected chi connectivity index (χ0v) is 43.9. The first-order valence-corrected chi connectivity index (χ1v) is 27.2. The largest absolute Gasteiger partial charge is 0.479 e. The molecule has 0 amide bonds. The van der Waals surface area contributed by atoms with Crippen LogP contribution in [-0.4, -0.2) is 89.2 Å². The van der Waals surface area contributed by atoms with E-state index in [4.69, 9.17) is 23.7 Å². The third-order valence-corrected chi connectivity index (χ3v) is 11.6. The Labute approximate surface area is 428 Å². The number of aliphatic carboxylic acids is 1. The lowest BCUT2D eigenvalue weighted by Gasteiger charge is -2.40. The minimum absolute atomic E-state index is 0.0383. The summed E-state index contributed by atoms with van der Waals surface area (Å²) in [7, 11) is 0. The van der Waals surface area contributed by atoms with Crippen LogP contribution in [0.4, 0.5) is 0 Å². The minimum atomic E-state index is -1.92. The Balaban J connectivity index is 2.77. The Morgan fingerprint density at radius 2 is 0.930 bits per heavy atom. The molecule has 0 spiro atoms. The van der Waals surface area contributed by atoms with E-state index in [2.05, 4.69) is 112 Å². The summed E-state index contributed by atoms with van der Waals surface area (Å²) in [5.74, 6) is -3.24. The average Bonchev–Trinajstić information content (AvgIpc) is 3.35. The molecule has 0 saturated carbocycles. The van der Waals surface area contributed by atoms with E-state index < -0.39 is 67.3 Å². The van der Waals surface area contributed by atoms with Crippen LogP contribution < -0.4 is 0 Å². The van der Waals surface area contributed by atoms with Gasteiger partial charge in [-0.1, -0.05) is 176 Å². The highest BCUT2D eigenvalue weighted by atomic mass is 16.7. The fourth-order valence-corrected chi connectivity index (χ4v) is 7.42. The molecule has 12 nitrogen and oxygen atoms in total. The number of hydrogen-bond donors (Lipinski definition) is 3. The fraction of sp³-hybridized carbons (Fsp3) is 0.661. The molecule has 1 fully saturated rings. The molecule has 0 aromatic carbocycles. The summed E-state index contributed by atoms with van der Waals surface area (Å²) >= 11 is 0. The maximum absolute atomic E-state index is 13.1. The molecule has 1 rings (SSSR count). The van der Waals surface area contributed by atoms with E-state index in [0.29, 0.717) is 25.7 Å². The van der Waals surface area contributed by atoms with Crippen LogP contribution in [0.1, 0.15) is 201 Å². The van der Waals surface area contributed by atoms with Gasteiger partial charge in [-0.2, -0.15) is 0 Å². The highest BCUT2D eigenvalue weighted by molar-refractivity contribution is 5.74. The first-order valence-electron chi connectivity index (χ1n) is 27.2. The van der Waals surface area contributed by atoms with E-state index in [1.165, 1.54) is 12.8 Å². The lowest BCUT2D eigenvalue weighted by molar-refractivity contribution is -0.301. The van der Waals surface area contributed by atoms with Gasteiger partial charge in [-0.05, 0) is 103 Å². The van der Waals surface area contributed by atoms with Crippen molar-refractivity contribution in [2.45, 2.75) is 237 Å². The number of carbonyl (C=O) groups excluding carboxylic acids is 3. The maximum Gasteiger partial charge on any atom is 0.335 e. The SMILES string of the molecule is CC/C=C\C/C=C\C/C=C\C/C=C\C/C=C\CCCC(=O)OCC(COC1OC(C(=O)O)C(O)C(O)C1OC(=O)CCCCCCC/C=C\CCCC)OC(=O)CCCCCCC/C=C\C/C=C\CCC. The monoisotopic (exact) mass is 995 g/mol. The summed E-state index contributed by atoms with van der Waals surface area (Å²) < 4.78 is 28.2. The second kappa shape index (κ2) is 46.7. The molecule has 71 heavy (non-hydrogen) atoms. The second-order valence-corrected chi connectivity index (χ2v) is 18.1. The third kappa shape index (κ3) is 37.1. The molecule has 0 radical (unpaired) electrons. The summed E-state index contributed by atoms with van der Waals surface area (Å²) in [6.45, 7) is 5.67. The van der Waals surface area contributed by atoms with Gasteiger partial charge in [0.05, 0.1) is 6.61 Å². The van der Waals surface area contributed by atoms with Gasteiger partial charge in [-0.15, -0.1) is 0 Å². The van der Waals surface area contributed by atoms with Crippen molar-refractivity contribution in [3.63, 3.8) is 0 Å². The zero-order valence-electron chi connectivity index (χ0n) is 43.9. The molecule has 0 aromatic heterocycles. The second-order valence-electron chi connectivity index (χ2n) is 18.1. The predicted octanol–water partition coefficient (Wildman–Crippen LogP) is 13.3. The Hall–Kier alpha value is -4.36. The van der Waals surface area contributed by atoms with Crippen molar-refractivity contribution in [2.24, 2.45) is 0 Å². The maximum atomic E-state index is 13.1. The Bertz CT molecular complexity index is 1610. The molecule has 1 aliphatic rings. The van der Waals surface area contributed by atoms with Crippen molar-refractivity contribution < 1.29 is 58.2 Å². The van der Waals surface area contributed by atoms with Crippen LogP contribution in [0, 0.1) is 0 Å². The van der Waals surface area contributed by atoms with E-state index in [-0.39, 0.29) is 25.9 Å². The van der Waals surface area contributed by atoms with Gasteiger partial charge in [-0.3, -0.25) is 14.4 Å². The van der Waals surface area contributed by atoms with Gasteiger partial charge < -0.3 is 39.0 Å². The predicted molar refractivity (Wildman–Crippen MR) is 284 cm³/mol. The summed E-state index contributed by atoms with van der Waals surface area (Å²) in [6, 6.07) is 0. The van der Waals surface area contributed by atoms with Gasteiger partial charge in [0.25, 0.3) is 0 Å². The van der Waals surface area contributed by atoms with Crippen LogP contribution in [0.3, 0.4) is 0 Å². The normalized spacial score (nSPS) is 19.3.